The van der Waals surface area contributed by atoms with Gasteiger partial charge in [-0.3, -0.25) is 4.79 Å². The van der Waals surface area contributed by atoms with Gasteiger partial charge in [-0.15, -0.1) is 0 Å². The molecule has 0 aromatic carbocycles. The Bertz CT molecular complexity index is 522. The van der Waals surface area contributed by atoms with Crippen LogP contribution < -0.4 is 16.0 Å². The Kier molecular flexibility index (Phi) is 3.85. The van der Waals surface area contributed by atoms with Gasteiger partial charge in [-0.2, -0.15) is 5.26 Å². The third-order valence-corrected chi connectivity index (χ3v) is 3.33. The summed E-state index contributed by atoms with van der Waals surface area (Å²) in [6.45, 7) is 0.726. The summed E-state index contributed by atoms with van der Waals surface area (Å²) in [6, 6.07) is 3.43. The van der Waals surface area contributed by atoms with Crippen molar-refractivity contribution in [2.24, 2.45) is 0 Å². The molecule has 2 rings (SSSR count). The predicted molar refractivity (Wildman–Crippen MR) is 72.4 cm³/mol. The van der Waals surface area contributed by atoms with E-state index in [9.17, 15) is 10.1 Å². The largest absolute Gasteiger partial charge is 0.397 e. The molecule has 19 heavy (non-hydrogen) atoms. The van der Waals surface area contributed by atoms with Gasteiger partial charge in [-0.25, -0.2) is 4.98 Å². The number of nitrogens with zero attached hydrogens (tertiary/aromatic N) is 3. The lowest BCUT2D eigenvalue weighted by Gasteiger charge is -2.35. The number of amides is 1. The highest BCUT2D eigenvalue weighted by molar-refractivity contribution is 5.85. The molecular formula is C13H17N5O. The molecular weight excluding hydrogens is 242 g/mol. The van der Waals surface area contributed by atoms with Crippen LogP contribution in [0.4, 0.5) is 11.5 Å². The summed E-state index contributed by atoms with van der Waals surface area (Å²) < 4.78 is 0. The van der Waals surface area contributed by atoms with Crippen molar-refractivity contribution in [1.82, 2.24) is 10.3 Å². The van der Waals surface area contributed by atoms with Crippen LogP contribution in [0.25, 0.3) is 0 Å². The van der Waals surface area contributed by atoms with E-state index in [-0.39, 0.29) is 11.9 Å². The van der Waals surface area contributed by atoms with Gasteiger partial charge in [-0.1, -0.05) is 0 Å². The summed E-state index contributed by atoms with van der Waals surface area (Å²) in [4.78, 5) is 18.1. The van der Waals surface area contributed by atoms with Crippen LogP contribution in [0.3, 0.4) is 0 Å². The van der Waals surface area contributed by atoms with Crippen molar-refractivity contribution in [2.45, 2.75) is 25.3 Å². The van der Waals surface area contributed by atoms with E-state index in [1.54, 1.807) is 13.1 Å². The monoisotopic (exact) mass is 259 g/mol. The van der Waals surface area contributed by atoms with Gasteiger partial charge < -0.3 is 16.0 Å². The minimum atomic E-state index is -0.262. The number of nitrogens with two attached hydrogens (primary N) is 1. The number of likely N-dealkylation sites (N-methyl/N-ethyl adjacent to an activating group) is 1. The smallest absolute Gasteiger partial charge is 0.242 e. The number of piperidine rings is 1. The second-order valence-electron chi connectivity index (χ2n) is 4.57. The van der Waals surface area contributed by atoms with Crippen LogP contribution >= 0.6 is 0 Å². The lowest BCUT2D eigenvalue weighted by atomic mass is 10.0. The van der Waals surface area contributed by atoms with Crippen molar-refractivity contribution in [3.8, 4) is 6.07 Å². The first-order valence-corrected chi connectivity index (χ1v) is 6.31. The second-order valence-corrected chi connectivity index (χ2v) is 4.57. The highest BCUT2D eigenvalue weighted by Crippen LogP contribution is 2.26. The zero-order valence-electron chi connectivity index (χ0n) is 10.9. The third-order valence-electron chi connectivity index (χ3n) is 3.33. The molecule has 0 bridgehead atoms. The molecule has 1 aromatic heterocycles. The normalized spacial score (nSPS) is 18.7. The van der Waals surface area contributed by atoms with Gasteiger partial charge in [-0.05, 0) is 25.3 Å². The second kappa shape index (κ2) is 5.57. The fourth-order valence-corrected chi connectivity index (χ4v) is 2.41. The van der Waals surface area contributed by atoms with Crippen molar-refractivity contribution in [3.05, 3.63) is 17.8 Å². The molecule has 6 heteroatoms. The lowest BCUT2D eigenvalue weighted by Crippen LogP contribution is -2.49. The molecule has 1 unspecified atom stereocenters. The topological polar surface area (TPSA) is 95.0 Å². The third kappa shape index (κ3) is 2.60. The van der Waals surface area contributed by atoms with Crippen molar-refractivity contribution in [1.29, 1.82) is 5.26 Å². The summed E-state index contributed by atoms with van der Waals surface area (Å²) in [5.41, 5.74) is 6.51. The Labute approximate surface area is 112 Å². The Hall–Kier alpha value is -2.29. The number of anilines is 2. The van der Waals surface area contributed by atoms with Crippen molar-refractivity contribution >= 4 is 17.4 Å². The minimum Gasteiger partial charge on any atom is -0.397 e. The molecule has 0 spiro atoms. The first-order valence-electron chi connectivity index (χ1n) is 6.31. The molecule has 1 saturated heterocycles. The van der Waals surface area contributed by atoms with Crippen LogP contribution in [-0.4, -0.2) is 30.5 Å². The Morgan fingerprint density at radius 2 is 2.42 bits per heavy atom. The molecule has 0 radical (unpaired) electrons. The molecule has 1 aromatic rings. The lowest BCUT2D eigenvalue weighted by molar-refractivity contribution is -0.122. The number of rotatable bonds is 2. The molecule has 6 nitrogen and oxygen atoms in total. The van der Waals surface area contributed by atoms with Crippen LogP contribution in [0.5, 0.6) is 0 Å². The molecule has 0 saturated carbocycles. The number of hydrogen-bond acceptors (Lipinski definition) is 5. The summed E-state index contributed by atoms with van der Waals surface area (Å²) in [7, 11) is 1.62. The van der Waals surface area contributed by atoms with Crippen LogP contribution in [0, 0.1) is 11.3 Å². The zero-order chi connectivity index (χ0) is 13.8. The van der Waals surface area contributed by atoms with Gasteiger partial charge in [0.15, 0.2) is 0 Å². The molecule has 0 aliphatic carbocycles. The summed E-state index contributed by atoms with van der Waals surface area (Å²) in [5.74, 6) is 0.507. The van der Waals surface area contributed by atoms with Gasteiger partial charge in [0.25, 0.3) is 0 Å². The first kappa shape index (κ1) is 13.1. The number of hydrogen-bond donors (Lipinski definition) is 2. The van der Waals surface area contributed by atoms with Crippen molar-refractivity contribution in [3.63, 3.8) is 0 Å². The molecule has 100 valence electrons. The van der Waals surface area contributed by atoms with Gasteiger partial charge in [0.1, 0.15) is 17.9 Å². The highest BCUT2D eigenvalue weighted by Gasteiger charge is 2.30. The van der Waals surface area contributed by atoms with E-state index >= 15 is 0 Å². The minimum absolute atomic E-state index is 0.0396. The van der Waals surface area contributed by atoms with Gasteiger partial charge >= 0.3 is 0 Å². The number of pyridine rings is 1. The van der Waals surface area contributed by atoms with Gasteiger partial charge in [0.05, 0.1) is 17.4 Å². The maximum absolute atomic E-state index is 11.9. The van der Waals surface area contributed by atoms with Gasteiger partial charge in [0.2, 0.25) is 5.91 Å². The van der Waals surface area contributed by atoms with E-state index in [0.717, 1.165) is 25.8 Å². The summed E-state index contributed by atoms with van der Waals surface area (Å²) in [6.07, 6.45) is 4.29. The summed E-state index contributed by atoms with van der Waals surface area (Å²) >= 11 is 0. The quantitative estimate of drug-likeness (QED) is 0.812. The van der Waals surface area contributed by atoms with Crippen LogP contribution in [0.1, 0.15) is 24.8 Å². The number of nitrogen functional groups attached to an aromatic ring is 1. The summed E-state index contributed by atoms with van der Waals surface area (Å²) in [5, 5.41) is 11.9. The van der Waals surface area contributed by atoms with Crippen molar-refractivity contribution < 1.29 is 4.79 Å². The fourth-order valence-electron chi connectivity index (χ4n) is 2.41. The van der Waals surface area contributed by atoms with Crippen LogP contribution in [0.2, 0.25) is 0 Å². The Morgan fingerprint density at radius 3 is 3.11 bits per heavy atom. The average molecular weight is 259 g/mol. The average Bonchev–Trinajstić information content (AvgIpc) is 2.46. The van der Waals surface area contributed by atoms with Crippen LogP contribution in [0.15, 0.2) is 12.3 Å². The highest BCUT2D eigenvalue weighted by atomic mass is 16.2. The molecule has 1 aliphatic heterocycles. The number of aromatic nitrogens is 1. The van der Waals surface area contributed by atoms with E-state index in [2.05, 4.69) is 16.4 Å². The van der Waals surface area contributed by atoms with E-state index in [0.29, 0.717) is 17.1 Å². The maximum Gasteiger partial charge on any atom is 0.242 e. The fraction of sp³-hybridized carbons (Fsp3) is 0.462. The van der Waals surface area contributed by atoms with E-state index in [1.807, 2.05) is 4.90 Å². The maximum atomic E-state index is 11.9. The number of nitrogens with one attached hydrogen (secondary N) is 1. The number of carbonyl (C=O) groups excluding carboxylic acids is 1. The molecule has 1 amide bonds. The molecule has 1 aliphatic rings. The number of carbonyl (C=O) groups is 1. The molecule has 2 heterocycles. The zero-order valence-corrected chi connectivity index (χ0v) is 10.9. The Morgan fingerprint density at radius 1 is 1.63 bits per heavy atom. The Balaban J connectivity index is 2.38. The van der Waals surface area contributed by atoms with Crippen molar-refractivity contribution in [2.75, 3.05) is 24.2 Å². The SMILES string of the molecule is CNC(=O)C1CCCCN1c1ncc(N)cc1C#N. The van der Waals surface area contributed by atoms with E-state index in [1.165, 1.54) is 6.20 Å². The molecule has 1 fully saturated rings. The predicted octanol–water partition coefficient (Wildman–Crippen LogP) is 0.640. The molecule has 1 atom stereocenters. The van der Waals surface area contributed by atoms with E-state index < -0.39 is 0 Å². The first-order chi connectivity index (χ1) is 9.17. The standard InChI is InChI=1S/C13H17N5O/c1-16-13(19)11-4-2-3-5-18(11)12-9(7-14)6-10(15)8-17-12/h6,8,11H,2-5,15H2,1H3,(H,16,19). The van der Waals surface area contributed by atoms with Crippen LogP contribution in [-0.2, 0) is 4.79 Å². The van der Waals surface area contributed by atoms with E-state index in [4.69, 9.17) is 5.73 Å². The number of nitriles is 1. The van der Waals surface area contributed by atoms with Gasteiger partial charge in [0, 0.05) is 13.6 Å². The molecule has 3 N–H and O–H groups in total.